The van der Waals surface area contributed by atoms with Crippen molar-refractivity contribution in [2.45, 2.75) is 18.9 Å². The van der Waals surface area contributed by atoms with E-state index in [-0.39, 0.29) is 5.92 Å². The molecule has 1 aliphatic carbocycles. The van der Waals surface area contributed by atoms with Crippen molar-refractivity contribution in [2.24, 2.45) is 5.92 Å². The number of furan rings is 1. The fourth-order valence-corrected chi connectivity index (χ4v) is 3.49. The largest absolute Gasteiger partial charge is 0.469 e. The van der Waals surface area contributed by atoms with E-state index in [0.717, 1.165) is 44.9 Å². The Morgan fingerprint density at radius 3 is 2.52 bits per heavy atom. The highest BCUT2D eigenvalue weighted by molar-refractivity contribution is 5.83. The summed E-state index contributed by atoms with van der Waals surface area (Å²) in [5, 5.41) is 0. The van der Waals surface area contributed by atoms with Crippen molar-refractivity contribution >= 4 is 5.91 Å². The number of carbonyl (C=O) groups is 1. The van der Waals surface area contributed by atoms with Gasteiger partial charge in [-0.1, -0.05) is 30.3 Å². The second-order valence-corrected chi connectivity index (χ2v) is 6.55. The average Bonchev–Trinajstić information content (AvgIpc) is 3.21. The van der Waals surface area contributed by atoms with E-state index in [1.165, 1.54) is 5.56 Å². The molecule has 4 heteroatoms. The number of carbonyl (C=O) groups excluding carboxylic acids is 1. The maximum absolute atomic E-state index is 12.6. The Morgan fingerprint density at radius 1 is 1.04 bits per heavy atom. The van der Waals surface area contributed by atoms with E-state index in [2.05, 4.69) is 29.2 Å². The molecule has 120 valence electrons. The first-order valence-corrected chi connectivity index (χ1v) is 8.40. The van der Waals surface area contributed by atoms with Gasteiger partial charge in [0.1, 0.15) is 5.76 Å². The van der Waals surface area contributed by atoms with Gasteiger partial charge in [0, 0.05) is 44.6 Å². The number of nitrogens with zero attached hydrogens (tertiary/aromatic N) is 2. The lowest BCUT2D eigenvalue weighted by Crippen LogP contribution is -2.48. The minimum absolute atomic E-state index is 0.141. The zero-order valence-corrected chi connectivity index (χ0v) is 13.2. The highest BCUT2D eigenvalue weighted by Gasteiger charge is 2.47. The normalized spacial score (nSPS) is 24.6. The molecule has 4 nitrogen and oxygen atoms in total. The maximum Gasteiger partial charge on any atom is 0.226 e. The molecule has 1 saturated carbocycles. The van der Waals surface area contributed by atoms with Crippen molar-refractivity contribution in [3.63, 3.8) is 0 Å². The number of amides is 1. The van der Waals surface area contributed by atoms with E-state index in [9.17, 15) is 4.79 Å². The van der Waals surface area contributed by atoms with Crippen molar-refractivity contribution in [2.75, 3.05) is 26.2 Å². The molecule has 4 rings (SSSR count). The van der Waals surface area contributed by atoms with Crippen LogP contribution in [-0.2, 0) is 11.3 Å². The first kappa shape index (κ1) is 14.5. The molecule has 1 aromatic carbocycles. The van der Waals surface area contributed by atoms with E-state index < -0.39 is 0 Å². The van der Waals surface area contributed by atoms with Crippen molar-refractivity contribution in [3.05, 3.63) is 60.1 Å². The topological polar surface area (TPSA) is 36.7 Å². The van der Waals surface area contributed by atoms with Crippen LogP contribution in [0.1, 0.15) is 23.7 Å². The fraction of sp³-hybridized carbons (Fsp3) is 0.421. The Hall–Kier alpha value is -2.07. The van der Waals surface area contributed by atoms with Crippen LogP contribution in [0.4, 0.5) is 0 Å². The van der Waals surface area contributed by atoms with Crippen LogP contribution in [0.3, 0.4) is 0 Å². The Morgan fingerprint density at radius 2 is 1.83 bits per heavy atom. The van der Waals surface area contributed by atoms with Gasteiger partial charge in [0.2, 0.25) is 5.91 Å². The molecule has 2 fully saturated rings. The lowest BCUT2D eigenvalue weighted by Gasteiger charge is -2.35. The van der Waals surface area contributed by atoms with Gasteiger partial charge in [-0.15, -0.1) is 0 Å². The van der Waals surface area contributed by atoms with Crippen LogP contribution in [0.2, 0.25) is 0 Å². The molecular formula is C19H22N2O2. The van der Waals surface area contributed by atoms with E-state index in [4.69, 9.17) is 4.42 Å². The maximum atomic E-state index is 12.6. The predicted molar refractivity (Wildman–Crippen MR) is 87.9 cm³/mol. The highest BCUT2D eigenvalue weighted by atomic mass is 16.3. The SMILES string of the molecule is O=C([C@H]1C[C@@H]1c1ccco1)N1CCN(Cc2ccccc2)CC1. The van der Waals surface area contributed by atoms with Gasteiger partial charge < -0.3 is 9.32 Å². The third kappa shape index (κ3) is 3.17. The summed E-state index contributed by atoms with van der Waals surface area (Å²) in [7, 11) is 0. The molecule has 1 aromatic heterocycles. The van der Waals surface area contributed by atoms with Gasteiger partial charge in [0.25, 0.3) is 0 Å². The Bertz CT molecular complexity index is 645. The third-order valence-electron chi connectivity index (χ3n) is 4.95. The molecule has 2 aliphatic rings. The minimum Gasteiger partial charge on any atom is -0.469 e. The van der Waals surface area contributed by atoms with Gasteiger partial charge in [0.15, 0.2) is 0 Å². The fourth-order valence-electron chi connectivity index (χ4n) is 3.49. The van der Waals surface area contributed by atoms with Gasteiger partial charge in [0.05, 0.1) is 6.26 Å². The summed E-state index contributed by atoms with van der Waals surface area (Å²) in [6.45, 7) is 4.57. The summed E-state index contributed by atoms with van der Waals surface area (Å²) >= 11 is 0. The number of benzene rings is 1. The molecule has 1 saturated heterocycles. The summed E-state index contributed by atoms with van der Waals surface area (Å²) < 4.78 is 5.43. The van der Waals surface area contributed by atoms with Crippen LogP contribution in [0.25, 0.3) is 0 Å². The first-order chi connectivity index (χ1) is 11.3. The lowest BCUT2D eigenvalue weighted by molar-refractivity contribution is -0.134. The van der Waals surface area contributed by atoms with E-state index >= 15 is 0 Å². The van der Waals surface area contributed by atoms with Gasteiger partial charge in [-0.25, -0.2) is 0 Å². The standard InChI is InChI=1S/C19H22N2O2/c22-19(17-13-16(17)18-7-4-12-23-18)21-10-8-20(9-11-21)14-15-5-2-1-3-6-15/h1-7,12,16-17H,8-11,13-14H2/t16-,17-/m0/s1. The second-order valence-electron chi connectivity index (χ2n) is 6.55. The van der Waals surface area contributed by atoms with Crippen LogP contribution in [-0.4, -0.2) is 41.9 Å². The highest BCUT2D eigenvalue weighted by Crippen LogP contribution is 2.48. The molecule has 0 N–H and O–H groups in total. The van der Waals surface area contributed by atoms with Crippen LogP contribution >= 0.6 is 0 Å². The molecule has 23 heavy (non-hydrogen) atoms. The molecule has 1 aliphatic heterocycles. The molecular weight excluding hydrogens is 288 g/mol. The minimum atomic E-state index is 0.141. The number of hydrogen-bond donors (Lipinski definition) is 0. The van der Waals surface area contributed by atoms with Crippen molar-refractivity contribution in [3.8, 4) is 0 Å². The lowest BCUT2D eigenvalue weighted by atomic mass is 10.2. The first-order valence-electron chi connectivity index (χ1n) is 8.40. The van der Waals surface area contributed by atoms with E-state index in [0.29, 0.717) is 11.8 Å². The quantitative estimate of drug-likeness (QED) is 0.871. The molecule has 2 heterocycles. The van der Waals surface area contributed by atoms with Crippen LogP contribution < -0.4 is 0 Å². The summed E-state index contributed by atoms with van der Waals surface area (Å²) in [6, 6.07) is 14.4. The molecule has 2 atom stereocenters. The molecule has 0 spiro atoms. The summed E-state index contributed by atoms with van der Waals surface area (Å²) in [6.07, 6.45) is 2.63. The molecule has 1 amide bonds. The van der Waals surface area contributed by atoms with E-state index in [1.807, 2.05) is 23.1 Å². The van der Waals surface area contributed by atoms with Gasteiger partial charge >= 0.3 is 0 Å². The van der Waals surface area contributed by atoms with Gasteiger partial charge in [-0.3, -0.25) is 9.69 Å². The van der Waals surface area contributed by atoms with Gasteiger partial charge in [-0.05, 0) is 24.1 Å². The number of hydrogen-bond acceptors (Lipinski definition) is 3. The third-order valence-corrected chi connectivity index (χ3v) is 4.95. The summed E-state index contributed by atoms with van der Waals surface area (Å²) in [5.41, 5.74) is 1.34. The van der Waals surface area contributed by atoms with Crippen LogP contribution in [0.5, 0.6) is 0 Å². The van der Waals surface area contributed by atoms with E-state index in [1.54, 1.807) is 6.26 Å². The van der Waals surface area contributed by atoms with Crippen molar-refractivity contribution < 1.29 is 9.21 Å². The van der Waals surface area contributed by atoms with Crippen molar-refractivity contribution in [1.82, 2.24) is 9.80 Å². The molecule has 0 radical (unpaired) electrons. The summed E-state index contributed by atoms with van der Waals surface area (Å²) in [4.78, 5) is 17.1. The number of piperazine rings is 1. The monoisotopic (exact) mass is 310 g/mol. The Balaban J connectivity index is 1.28. The van der Waals surface area contributed by atoms with Crippen LogP contribution in [0, 0.1) is 5.92 Å². The Labute approximate surface area is 136 Å². The van der Waals surface area contributed by atoms with Gasteiger partial charge in [-0.2, -0.15) is 0 Å². The molecule has 0 unspecified atom stereocenters. The zero-order valence-electron chi connectivity index (χ0n) is 13.2. The molecule has 2 aromatic rings. The second kappa shape index (κ2) is 6.20. The predicted octanol–water partition coefficient (Wildman–Crippen LogP) is 2.73. The smallest absolute Gasteiger partial charge is 0.226 e. The van der Waals surface area contributed by atoms with Crippen LogP contribution in [0.15, 0.2) is 53.1 Å². The Kier molecular flexibility index (Phi) is 3.92. The zero-order chi connectivity index (χ0) is 15.6. The summed E-state index contributed by atoms with van der Waals surface area (Å²) in [5.74, 6) is 1.72. The molecule has 0 bridgehead atoms. The number of rotatable bonds is 4. The van der Waals surface area contributed by atoms with Crippen molar-refractivity contribution in [1.29, 1.82) is 0 Å². The average molecular weight is 310 g/mol.